The molecule has 2 aromatic rings. The second-order valence-electron chi connectivity index (χ2n) is 4.18. The van der Waals surface area contributed by atoms with E-state index in [0.29, 0.717) is 0 Å². The first kappa shape index (κ1) is 11.1. The molecular weight excluding hydrogens is 220 g/mol. The molecule has 0 heterocycles. The van der Waals surface area contributed by atoms with E-state index in [4.69, 9.17) is 4.74 Å². The Morgan fingerprint density at radius 3 is 2.19 bits per heavy atom. The molecule has 0 N–H and O–H groups in total. The van der Waals surface area contributed by atoms with E-state index in [-0.39, 0.29) is 0 Å². The third-order valence-electron chi connectivity index (χ3n) is 2.66. The summed E-state index contributed by atoms with van der Waals surface area (Å²) in [5.41, 5.74) is 0. The van der Waals surface area contributed by atoms with Gasteiger partial charge in [0.05, 0.1) is 7.11 Å². The minimum absolute atomic E-state index is 0.827. The minimum atomic E-state index is -2.25. The summed E-state index contributed by atoms with van der Waals surface area (Å²) in [6.07, 6.45) is 3.59. The molecule has 0 saturated carbocycles. The lowest BCUT2D eigenvalue weighted by molar-refractivity contribution is 0.419. The molecule has 0 aliphatic rings. The summed E-state index contributed by atoms with van der Waals surface area (Å²) in [7, 11) is -0.598. The van der Waals surface area contributed by atoms with E-state index >= 15 is 0 Å². The fourth-order valence-corrected chi connectivity index (χ4v) is 3.11. The van der Waals surface area contributed by atoms with Crippen molar-refractivity contribution >= 4 is 20.7 Å². The number of benzene rings is 2. The van der Waals surface area contributed by atoms with Crippen LogP contribution in [0.5, 0.6) is 5.75 Å². The van der Waals surface area contributed by atoms with E-state index in [1.54, 1.807) is 19.6 Å². The van der Waals surface area contributed by atoms with Crippen LogP contribution in [0.25, 0.3) is 10.8 Å². The highest BCUT2D eigenvalue weighted by Gasteiger charge is 2.11. The summed E-state index contributed by atoms with van der Waals surface area (Å²) >= 11 is 0. The maximum absolute atomic E-state index is 12.2. The molecule has 86 valence electrons. The third kappa shape index (κ3) is 1.83. The van der Waals surface area contributed by atoms with Gasteiger partial charge in [-0.05, 0) is 30.0 Å². The minimum Gasteiger partial charge on any atom is -0.496 e. The Kier molecular flexibility index (Phi) is 2.72. The van der Waals surface area contributed by atoms with Crippen molar-refractivity contribution in [1.29, 1.82) is 0 Å². The quantitative estimate of drug-likeness (QED) is 0.811. The van der Waals surface area contributed by atoms with Crippen LogP contribution in [0.3, 0.4) is 0 Å². The zero-order chi connectivity index (χ0) is 11.8. The molecule has 0 radical (unpaired) electrons. The summed E-state index contributed by atoms with van der Waals surface area (Å²) < 4.78 is 17.5. The highest BCUT2D eigenvalue weighted by atomic mass is 32.2. The monoisotopic (exact) mass is 236 g/mol. The Balaban J connectivity index is 2.85. The average molecular weight is 236 g/mol. The van der Waals surface area contributed by atoms with Gasteiger partial charge in [0.2, 0.25) is 0 Å². The van der Waals surface area contributed by atoms with Gasteiger partial charge in [-0.25, -0.2) is 0 Å². The number of methoxy groups -OCH3 is 1. The lowest BCUT2D eigenvalue weighted by Crippen LogP contribution is -2.07. The second-order valence-corrected chi connectivity index (χ2v) is 7.37. The van der Waals surface area contributed by atoms with Crippen molar-refractivity contribution in [3.05, 3.63) is 36.4 Å². The molecule has 0 aliphatic heterocycles. The maximum Gasteiger partial charge on any atom is 0.126 e. The molecule has 16 heavy (non-hydrogen) atoms. The van der Waals surface area contributed by atoms with Crippen LogP contribution in [-0.2, 0) is 9.93 Å². The number of hydrogen-bond acceptors (Lipinski definition) is 2. The molecule has 0 bridgehead atoms. The molecule has 2 rings (SSSR count). The first-order valence-electron chi connectivity index (χ1n) is 5.15. The molecule has 2 nitrogen and oxygen atoms in total. The van der Waals surface area contributed by atoms with E-state index in [9.17, 15) is 4.21 Å². The van der Waals surface area contributed by atoms with Crippen molar-refractivity contribution in [2.45, 2.75) is 4.90 Å². The van der Waals surface area contributed by atoms with Gasteiger partial charge < -0.3 is 4.74 Å². The summed E-state index contributed by atoms with van der Waals surface area (Å²) in [6, 6.07) is 11.7. The zero-order valence-electron chi connectivity index (χ0n) is 9.73. The SMILES string of the molecule is COc1ccc([SH](C)(C)=O)c2ccccc12. The number of rotatable bonds is 2. The Hall–Kier alpha value is -1.35. The molecule has 0 atom stereocenters. The van der Waals surface area contributed by atoms with Crippen LogP contribution in [0, 0.1) is 0 Å². The Morgan fingerprint density at radius 2 is 1.62 bits per heavy atom. The van der Waals surface area contributed by atoms with Crippen LogP contribution in [-0.4, -0.2) is 23.8 Å². The summed E-state index contributed by atoms with van der Waals surface area (Å²) in [5.74, 6) is 0.827. The smallest absolute Gasteiger partial charge is 0.126 e. The summed E-state index contributed by atoms with van der Waals surface area (Å²) in [4.78, 5) is 0.920. The van der Waals surface area contributed by atoms with E-state index in [1.165, 1.54) is 0 Å². The van der Waals surface area contributed by atoms with E-state index in [1.807, 2.05) is 36.4 Å². The number of thiol groups is 1. The number of hydrogen-bond donors (Lipinski definition) is 1. The largest absolute Gasteiger partial charge is 0.496 e. The van der Waals surface area contributed by atoms with Crippen LogP contribution >= 0.6 is 0 Å². The maximum atomic E-state index is 12.2. The van der Waals surface area contributed by atoms with Crippen LogP contribution in [0.4, 0.5) is 0 Å². The second kappa shape index (κ2) is 3.91. The van der Waals surface area contributed by atoms with E-state index in [2.05, 4.69) is 0 Å². The summed E-state index contributed by atoms with van der Waals surface area (Å²) in [5, 5.41) is 2.04. The van der Waals surface area contributed by atoms with Gasteiger partial charge in [0.25, 0.3) is 0 Å². The van der Waals surface area contributed by atoms with Crippen molar-refractivity contribution in [1.82, 2.24) is 0 Å². The topological polar surface area (TPSA) is 26.3 Å². The summed E-state index contributed by atoms with van der Waals surface area (Å²) in [6.45, 7) is 0. The van der Waals surface area contributed by atoms with Gasteiger partial charge in [-0.2, -0.15) is 0 Å². The van der Waals surface area contributed by atoms with Crippen molar-refractivity contribution in [2.75, 3.05) is 19.6 Å². The first-order chi connectivity index (χ1) is 7.54. The van der Waals surface area contributed by atoms with E-state index in [0.717, 1.165) is 21.4 Å². The first-order valence-corrected chi connectivity index (χ1v) is 7.75. The van der Waals surface area contributed by atoms with Crippen molar-refractivity contribution in [3.63, 3.8) is 0 Å². The molecule has 3 heteroatoms. The fraction of sp³-hybridized carbons (Fsp3) is 0.231. The highest BCUT2D eigenvalue weighted by molar-refractivity contribution is 8.02. The number of ether oxygens (including phenoxy) is 1. The lowest BCUT2D eigenvalue weighted by atomic mass is 10.1. The molecule has 0 fully saturated rings. The number of fused-ring (bicyclic) bond motifs is 1. The van der Waals surface area contributed by atoms with Crippen LogP contribution in [0.2, 0.25) is 0 Å². The standard InChI is InChI=1S/C13H16O2S/c1-15-12-8-9-13(16(2,3)14)11-7-5-4-6-10(11)12/h4-9,16H,1-3H3. The molecule has 0 amide bonds. The third-order valence-corrected chi connectivity index (χ3v) is 4.21. The molecule has 0 unspecified atom stereocenters. The van der Waals surface area contributed by atoms with Crippen LogP contribution < -0.4 is 4.74 Å². The van der Waals surface area contributed by atoms with Gasteiger partial charge in [-0.3, -0.25) is 4.21 Å². The van der Waals surface area contributed by atoms with Gasteiger partial charge in [0.15, 0.2) is 0 Å². The van der Waals surface area contributed by atoms with Gasteiger partial charge >= 0.3 is 0 Å². The predicted octanol–water partition coefficient (Wildman–Crippen LogP) is 2.48. The molecular formula is C13H16O2S. The van der Waals surface area contributed by atoms with Gasteiger partial charge in [-0.1, -0.05) is 34.2 Å². The van der Waals surface area contributed by atoms with Crippen molar-refractivity contribution in [2.24, 2.45) is 0 Å². The Labute approximate surface area is 96.7 Å². The van der Waals surface area contributed by atoms with Crippen molar-refractivity contribution < 1.29 is 8.95 Å². The predicted molar refractivity (Wildman–Crippen MR) is 70.2 cm³/mol. The molecule has 0 aliphatic carbocycles. The molecule has 0 saturated heterocycles. The van der Waals surface area contributed by atoms with Crippen LogP contribution in [0.1, 0.15) is 0 Å². The Bertz CT molecular complexity index is 569. The normalized spacial score (nSPS) is 12.7. The van der Waals surface area contributed by atoms with E-state index < -0.39 is 9.93 Å². The van der Waals surface area contributed by atoms with Crippen LogP contribution in [0.15, 0.2) is 41.3 Å². The van der Waals surface area contributed by atoms with Crippen molar-refractivity contribution in [3.8, 4) is 5.75 Å². The fourth-order valence-electron chi connectivity index (χ4n) is 1.90. The molecule has 0 aromatic heterocycles. The zero-order valence-corrected chi connectivity index (χ0v) is 10.6. The van der Waals surface area contributed by atoms with Gasteiger partial charge in [-0.15, -0.1) is 0 Å². The Morgan fingerprint density at radius 1 is 1.00 bits per heavy atom. The molecule has 0 spiro atoms. The van der Waals surface area contributed by atoms with Gasteiger partial charge in [0.1, 0.15) is 5.75 Å². The lowest BCUT2D eigenvalue weighted by Gasteiger charge is -2.16. The highest BCUT2D eigenvalue weighted by Crippen LogP contribution is 2.31. The molecule has 2 aromatic carbocycles. The average Bonchev–Trinajstić information content (AvgIpc) is 2.26. The van der Waals surface area contributed by atoms with Gasteiger partial charge in [0, 0.05) is 10.3 Å².